The summed E-state index contributed by atoms with van der Waals surface area (Å²) in [5, 5.41) is 0. The van der Waals surface area contributed by atoms with E-state index < -0.39 is 0 Å². The van der Waals surface area contributed by atoms with Gasteiger partial charge in [-0.1, -0.05) is 143 Å². The fourth-order valence-electron chi connectivity index (χ4n) is 10.5. The van der Waals surface area contributed by atoms with Crippen LogP contribution >= 0.6 is 0 Å². The van der Waals surface area contributed by atoms with Gasteiger partial charge < -0.3 is 19.0 Å². The van der Waals surface area contributed by atoms with Crippen LogP contribution in [0.15, 0.2) is 170 Å². The van der Waals surface area contributed by atoms with Crippen molar-refractivity contribution < 1.29 is 30.5 Å². The number of para-hydroxylation sites is 3. The third kappa shape index (κ3) is 7.45. The third-order valence-electron chi connectivity index (χ3n) is 13.8. The Labute approximate surface area is 419 Å². The number of pyridine rings is 1. The Morgan fingerprint density at radius 1 is 0.551 bits per heavy atom. The van der Waals surface area contributed by atoms with E-state index >= 15 is 0 Å². The monoisotopic (exact) mass is 1070 g/mol. The predicted octanol–water partition coefficient (Wildman–Crippen LogP) is 13.9. The van der Waals surface area contributed by atoms with Gasteiger partial charge >= 0.3 is 21.1 Å². The molecule has 2 aromatic heterocycles. The molecule has 0 atom stereocenters. The van der Waals surface area contributed by atoms with Gasteiger partial charge in [0.1, 0.15) is 11.5 Å². The first-order valence-electron chi connectivity index (χ1n) is 23.7. The third-order valence-corrected chi connectivity index (χ3v) is 13.8. The maximum atomic E-state index is 7.08. The smallest absolute Gasteiger partial charge is 0.502 e. The summed E-state index contributed by atoms with van der Waals surface area (Å²) >= 11 is 0. The van der Waals surface area contributed by atoms with Crippen molar-refractivity contribution in [3.8, 4) is 84.7 Å². The Morgan fingerprint density at radius 2 is 1.10 bits per heavy atom. The van der Waals surface area contributed by atoms with Crippen molar-refractivity contribution in [1.82, 2.24) is 14.5 Å². The topological polar surface area (TPSA) is 49.2 Å². The standard InChI is InChI=1S/C62H48BN3O2.Pt/c1-37(2)48-36-49(38(3)4)61-58-60(48)67-55-29-27-43(53-35-44(31-32-64-53)57-46(41-19-9-7-10-20-41)23-16-24-47(57)42-21-11-8-12-22-42)33-50(55)63(58)51-34-45(28-30-56(51)68-61)62-65-52-25-13-14-26-54(52)66(62)59-39(5)17-15-18-40(59)6;/h7-32,35-38H,1-6H3;/q-2;+2. The first kappa shape index (κ1) is 44.3. The molecular weight excluding hydrogens is 1020 g/mol. The molecule has 10 aromatic rings. The van der Waals surface area contributed by atoms with Gasteiger partial charge in [0.05, 0.1) is 16.9 Å². The SMILES string of the molecule is Cc1cccc(C)c1-n1c(-c2[c-]c3c(cc2)Oc2c(C(C)C)cc(C(C)C)c4c2B3c2[c-]c(-c3cc(-c5c(-c6ccccc6)cccc5-c5ccccc5)ccn3)ccc2O4)nc2ccccc21.[Pt+2]. The Morgan fingerprint density at radius 3 is 1.71 bits per heavy atom. The number of aromatic nitrogens is 3. The first-order valence-corrected chi connectivity index (χ1v) is 23.7. The Bertz CT molecular complexity index is 3520. The second kappa shape index (κ2) is 17.7. The molecule has 2 aliphatic rings. The Hall–Kier alpha value is -7.27. The van der Waals surface area contributed by atoms with Crippen molar-refractivity contribution in [2.45, 2.75) is 53.4 Å². The zero-order valence-corrected chi connectivity index (χ0v) is 41.6. The number of rotatable bonds is 8. The fourth-order valence-corrected chi connectivity index (χ4v) is 10.5. The molecule has 5 nitrogen and oxygen atoms in total. The van der Waals surface area contributed by atoms with E-state index in [4.69, 9.17) is 19.4 Å². The number of benzene rings is 8. The average Bonchev–Trinajstić information content (AvgIpc) is 3.75. The molecule has 0 saturated carbocycles. The molecule has 0 unspecified atom stereocenters. The molecule has 0 N–H and O–H groups in total. The molecule has 336 valence electrons. The second-order valence-corrected chi connectivity index (χ2v) is 18.8. The van der Waals surface area contributed by atoms with Crippen LogP contribution < -0.4 is 25.9 Å². The van der Waals surface area contributed by atoms with Crippen LogP contribution in [0.1, 0.15) is 61.8 Å². The molecule has 0 aliphatic carbocycles. The molecule has 69 heavy (non-hydrogen) atoms. The number of hydrogen-bond donors (Lipinski definition) is 0. The number of imidazole rings is 1. The second-order valence-electron chi connectivity index (χ2n) is 18.8. The zero-order chi connectivity index (χ0) is 46.2. The normalized spacial score (nSPS) is 12.3. The maximum Gasteiger partial charge on any atom is 2.00 e. The number of hydrogen-bond acceptors (Lipinski definition) is 4. The van der Waals surface area contributed by atoms with E-state index in [1.165, 1.54) is 11.1 Å². The summed E-state index contributed by atoms with van der Waals surface area (Å²) in [6.07, 6.45) is 1.92. The molecule has 0 saturated heterocycles. The van der Waals surface area contributed by atoms with Crippen molar-refractivity contribution in [2.75, 3.05) is 0 Å². The molecule has 2 aliphatic heterocycles. The van der Waals surface area contributed by atoms with E-state index in [1.54, 1.807) is 0 Å². The van der Waals surface area contributed by atoms with E-state index in [0.29, 0.717) is 0 Å². The van der Waals surface area contributed by atoms with E-state index in [1.807, 2.05) is 6.20 Å². The van der Waals surface area contributed by atoms with Gasteiger partial charge in [0.25, 0.3) is 0 Å². The van der Waals surface area contributed by atoms with Crippen LogP contribution in [0, 0.1) is 26.0 Å². The molecule has 0 bridgehead atoms. The van der Waals surface area contributed by atoms with E-state index in [-0.39, 0.29) is 39.6 Å². The van der Waals surface area contributed by atoms with Gasteiger partial charge in [-0.05, 0) is 111 Å². The van der Waals surface area contributed by atoms with Crippen LogP contribution in [0.3, 0.4) is 0 Å². The van der Waals surface area contributed by atoms with Gasteiger partial charge in [0.15, 0.2) is 0 Å². The van der Waals surface area contributed by atoms with Crippen molar-refractivity contribution in [2.24, 2.45) is 0 Å². The van der Waals surface area contributed by atoms with Crippen LogP contribution in [0.25, 0.3) is 72.7 Å². The molecule has 0 radical (unpaired) electrons. The first-order chi connectivity index (χ1) is 33.2. The van der Waals surface area contributed by atoms with Gasteiger partial charge in [-0.3, -0.25) is 4.98 Å². The van der Waals surface area contributed by atoms with Crippen LogP contribution in [-0.4, -0.2) is 21.2 Å². The predicted molar refractivity (Wildman–Crippen MR) is 279 cm³/mol. The molecule has 7 heteroatoms. The molecular formula is C62H48BN3O2Pt. The summed E-state index contributed by atoms with van der Waals surface area (Å²) in [4.78, 5) is 10.4. The van der Waals surface area contributed by atoms with E-state index in [0.717, 1.165) is 123 Å². The van der Waals surface area contributed by atoms with Crippen LogP contribution in [-0.2, 0) is 21.1 Å². The van der Waals surface area contributed by atoms with Gasteiger partial charge in [-0.25, -0.2) is 0 Å². The van der Waals surface area contributed by atoms with E-state index in [2.05, 4.69) is 222 Å². The van der Waals surface area contributed by atoms with E-state index in [9.17, 15) is 0 Å². The van der Waals surface area contributed by atoms with Crippen molar-refractivity contribution in [1.29, 1.82) is 0 Å². The van der Waals surface area contributed by atoms with Crippen LogP contribution in [0.4, 0.5) is 0 Å². The minimum atomic E-state index is -0.298. The van der Waals surface area contributed by atoms with Crippen molar-refractivity contribution >= 4 is 34.1 Å². The van der Waals surface area contributed by atoms with Gasteiger partial charge in [-0.15, -0.1) is 58.5 Å². The number of fused-ring (bicyclic) bond motifs is 5. The minimum Gasteiger partial charge on any atom is -0.502 e. The summed E-state index contributed by atoms with van der Waals surface area (Å²) < 4.78 is 16.5. The average molecular weight is 1070 g/mol. The number of nitrogens with zero attached hydrogens (tertiary/aromatic N) is 3. The summed E-state index contributed by atoms with van der Waals surface area (Å²) in [7, 11) is 0. The Kier molecular flexibility index (Phi) is 11.3. The molecule has 0 spiro atoms. The summed E-state index contributed by atoms with van der Waals surface area (Å²) in [5.41, 5.74) is 20.1. The quantitative estimate of drug-likeness (QED) is 0.112. The summed E-state index contributed by atoms with van der Waals surface area (Å²) in [6.45, 7) is 13.0. The maximum absolute atomic E-state index is 7.08. The molecule has 12 rings (SSSR count). The number of aryl methyl sites for hydroxylation is 2. The molecule has 8 aromatic carbocycles. The zero-order valence-electron chi connectivity index (χ0n) is 39.4. The summed E-state index contributed by atoms with van der Waals surface area (Å²) in [6, 6.07) is 65.7. The largest absolute Gasteiger partial charge is 2.00 e. The molecule has 0 amide bonds. The van der Waals surface area contributed by atoms with Crippen molar-refractivity contribution in [3.05, 3.63) is 204 Å². The molecule has 4 heterocycles. The summed E-state index contributed by atoms with van der Waals surface area (Å²) in [5.74, 6) is 4.49. The van der Waals surface area contributed by atoms with Crippen molar-refractivity contribution in [3.63, 3.8) is 0 Å². The van der Waals surface area contributed by atoms with Gasteiger partial charge in [0.2, 0.25) is 6.71 Å². The Balaban J connectivity index is 0.00000520. The van der Waals surface area contributed by atoms with Crippen LogP contribution in [0.2, 0.25) is 0 Å². The van der Waals surface area contributed by atoms with Gasteiger partial charge in [0, 0.05) is 28.8 Å². The van der Waals surface area contributed by atoms with Crippen LogP contribution in [0.5, 0.6) is 23.0 Å². The van der Waals surface area contributed by atoms with Gasteiger partial charge in [-0.2, -0.15) is 0 Å². The molecule has 0 fully saturated rings. The number of ether oxygens (including phenoxy) is 2. The fraction of sp³-hybridized carbons (Fsp3) is 0.129. The minimum absolute atomic E-state index is 0.